The van der Waals surface area contributed by atoms with Gasteiger partial charge in [-0.3, -0.25) is 0 Å². The number of rotatable bonds is 4. The Morgan fingerprint density at radius 3 is 2.56 bits per heavy atom. The molecule has 0 aromatic carbocycles. The molecule has 0 saturated heterocycles. The molecule has 18 heavy (non-hydrogen) atoms. The minimum atomic E-state index is -0.890. The number of thiazole rings is 1. The van der Waals surface area contributed by atoms with Crippen LogP contribution in [0.15, 0.2) is 0 Å². The Bertz CT molecular complexity index is 423. The molecule has 2 N–H and O–H groups in total. The molecular weight excluding hydrogens is 250 g/mol. The van der Waals surface area contributed by atoms with Crippen LogP contribution in [0.4, 0.5) is 4.79 Å². The lowest BCUT2D eigenvalue weighted by atomic mass is 10.1. The van der Waals surface area contributed by atoms with Crippen LogP contribution in [0.1, 0.15) is 29.4 Å². The average Bonchev–Trinajstić information content (AvgIpc) is 2.51. The van der Waals surface area contributed by atoms with Crippen LogP contribution < -0.4 is 5.32 Å². The first-order chi connectivity index (χ1) is 8.19. The lowest BCUT2D eigenvalue weighted by Gasteiger charge is -2.25. The molecule has 0 aliphatic rings. The van der Waals surface area contributed by atoms with Crippen molar-refractivity contribution in [3.63, 3.8) is 0 Å². The van der Waals surface area contributed by atoms with E-state index in [1.54, 1.807) is 32.2 Å². The van der Waals surface area contributed by atoms with E-state index in [-0.39, 0.29) is 12.6 Å². The minimum absolute atomic E-state index is 0.206. The van der Waals surface area contributed by atoms with Crippen LogP contribution in [0.5, 0.6) is 0 Å². The highest BCUT2D eigenvalue weighted by atomic mass is 32.1. The third-order valence-electron chi connectivity index (χ3n) is 2.38. The number of amides is 2. The van der Waals surface area contributed by atoms with Gasteiger partial charge in [0.05, 0.1) is 29.4 Å². The predicted molar refractivity (Wildman–Crippen MR) is 72.8 cm³/mol. The van der Waals surface area contributed by atoms with Gasteiger partial charge in [0.15, 0.2) is 0 Å². The Morgan fingerprint density at radius 2 is 2.11 bits per heavy atom. The van der Waals surface area contributed by atoms with E-state index in [0.29, 0.717) is 6.54 Å². The standard InChI is InChI=1S/C12H21N3O2S/c1-8-10(14-9(2)18-8)6-13-11(16)15(5)7-12(3,4)17/h17H,6-7H2,1-5H3,(H,13,16). The van der Waals surface area contributed by atoms with Crippen molar-refractivity contribution < 1.29 is 9.90 Å². The van der Waals surface area contributed by atoms with Gasteiger partial charge in [-0.2, -0.15) is 0 Å². The van der Waals surface area contributed by atoms with Gasteiger partial charge in [-0.15, -0.1) is 11.3 Å². The van der Waals surface area contributed by atoms with Crippen LogP contribution in [0.3, 0.4) is 0 Å². The zero-order chi connectivity index (χ0) is 13.9. The molecule has 1 aromatic heterocycles. The van der Waals surface area contributed by atoms with E-state index in [4.69, 9.17) is 0 Å². The van der Waals surface area contributed by atoms with Gasteiger partial charge in [0.2, 0.25) is 0 Å². The van der Waals surface area contributed by atoms with Gasteiger partial charge in [0.1, 0.15) is 0 Å². The molecular formula is C12H21N3O2S. The van der Waals surface area contributed by atoms with Crippen molar-refractivity contribution in [2.75, 3.05) is 13.6 Å². The molecule has 0 fully saturated rings. The molecule has 1 aromatic rings. The quantitative estimate of drug-likeness (QED) is 0.875. The van der Waals surface area contributed by atoms with Crippen LogP contribution in [0.25, 0.3) is 0 Å². The number of likely N-dealkylation sites (N-methyl/N-ethyl adjacent to an activating group) is 1. The van der Waals surface area contributed by atoms with E-state index in [9.17, 15) is 9.90 Å². The SMILES string of the molecule is Cc1nc(CNC(=O)N(C)CC(C)(C)O)c(C)s1. The second kappa shape index (κ2) is 5.67. The molecule has 1 rings (SSSR count). The summed E-state index contributed by atoms with van der Waals surface area (Å²) in [5.74, 6) is 0. The summed E-state index contributed by atoms with van der Waals surface area (Å²) in [5, 5.41) is 13.4. The van der Waals surface area contributed by atoms with Crippen molar-refractivity contribution in [1.29, 1.82) is 0 Å². The third-order valence-corrected chi connectivity index (χ3v) is 3.31. The largest absolute Gasteiger partial charge is 0.389 e. The number of nitrogens with one attached hydrogen (secondary N) is 1. The summed E-state index contributed by atoms with van der Waals surface area (Å²) in [6.07, 6.45) is 0. The molecule has 2 amide bonds. The maximum atomic E-state index is 11.8. The number of hydrogen-bond donors (Lipinski definition) is 2. The van der Waals surface area contributed by atoms with E-state index >= 15 is 0 Å². The molecule has 0 aliphatic carbocycles. The maximum Gasteiger partial charge on any atom is 0.317 e. The first-order valence-corrected chi connectivity index (χ1v) is 6.65. The van der Waals surface area contributed by atoms with Crippen molar-refractivity contribution in [1.82, 2.24) is 15.2 Å². The Hall–Kier alpha value is -1.14. The Morgan fingerprint density at radius 1 is 1.50 bits per heavy atom. The lowest BCUT2D eigenvalue weighted by Crippen LogP contribution is -2.44. The topological polar surface area (TPSA) is 65.5 Å². The monoisotopic (exact) mass is 271 g/mol. The van der Waals surface area contributed by atoms with E-state index < -0.39 is 5.60 Å². The summed E-state index contributed by atoms with van der Waals surface area (Å²) in [6, 6.07) is -0.206. The minimum Gasteiger partial charge on any atom is -0.389 e. The normalized spacial score (nSPS) is 11.4. The van der Waals surface area contributed by atoms with Crippen molar-refractivity contribution in [2.24, 2.45) is 0 Å². The Balaban J connectivity index is 2.48. The third kappa shape index (κ3) is 4.62. The summed E-state index contributed by atoms with van der Waals surface area (Å²) in [7, 11) is 1.66. The van der Waals surface area contributed by atoms with E-state index in [1.165, 1.54) is 4.90 Å². The van der Waals surface area contributed by atoms with Gasteiger partial charge in [-0.05, 0) is 27.7 Å². The summed E-state index contributed by atoms with van der Waals surface area (Å²) in [4.78, 5) is 18.7. The molecule has 0 atom stereocenters. The van der Waals surface area contributed by atoms with Gasteiger partial charge in [0.25, 0.3) is 0 Å². The number of aryl methyl sites for hydroxylation is 2. The highest BCUT2D eigenvalue weighted by Crippen LogP contribution is 2.16. The molecule has 0 unspecified atom stereocenters. The molecule has 1 heterocycles. The highest BCUT2D eigenvalue weighted by Gasteiger charge is 2.19. The van der Waals surface area contributed by atoms with E-state index in [1.807, 2.05) is 13.8 Å². The van der Waals surface area contributed by atoms with Crippen LogP contribution in [-0.2, 0) is 6.54 Å². The van der Waals surface area contributed by atoms with Gasteiger partial charge in [-0.1, -0.05) is 0 Å². The summed E-state index contributed by atoms with van der Waals surface area (Å²) >= 11 is 1.62. The van der Waals surface area contributed by atoms with Gasteiger partial charge < -0.3 is 15.3 Å². The van der Waals surface area contributed by atoms with E-state index in [2.05, 4.69) is 10.3 Å². The van der Waals surface area contributed by atoms with Crippen LogP contribution in [0.2, 0.25) is 0 Å². The fourth-order valence-electron chi connectivity index (χ4n) is 1.68. The highest BCUT2D eigenvalue weighted by molar-refractivity contribution is 7.11. The predicted octanol–water partition coefficient (Wildman–Crippen LogP) is 1.67. The fraction of sp³-hybridized carbons (Fsp3) is 0.667. The summed E-state index contributed by atoms with van der Waals surface area (Å²) in [5.41, 5.74) is 0.0154. The number of nitrogens with zero attached hydrogens (tertiary/aromatic N) is 2. The molecule has 0 bridgehead atoms. The zero-order valence-electron chi connectivity index (χ0n) is 11.6. The van der Waals surface area contributed by atoms with Gasteiger partial charge in [0, 0.05) is 11.9 Å². The molecule has 6 heteroatoms. The lowest BCUT2D eigenvalue weighted by molar-refractivity contribution is 0.0531. The van der Waals surface area contributed by atoms with Crippen LogP contribution in [0, 0.1) is 13.8 Å². The van der Waals surface area contributed by atoms with Crippen molar-refractivity contribution in [3.05, 3.63) is 15.6 Å². The molecule has 0 saturated carbocycles. The number of urea groups is 1. The first-order valence-electron chi connectivity index (χ1n) is 5.83. The van der Waals surface area contributed by atoms with Crippen molar-refractivity contribution in [2.45, 2.75) is 39.8 Å². The summed E-state index contributed by atoms with van der Waals surface area (Å²) in [6.45, 7) is 7.99. The summed E-state index contributed by atoms with van der Waals surface area (Å²) < 4.78 is 0. The van der Waals surface area contributed by atoms with Crippen molar-refractivity contribution >= 4 is 17.4 Å². The number of carbonyl (C=O) groups is 1. The number of aliphatic hydroxyl groups is 1. The molecule has 0 aliphatic heterocycles. The number of hydrogen-bond acceptors (Lipinski definition) is 4. The molecule has 102 valence electrons. The van der Waals surface area contributed by atoms with Crippen LogP contribution in [-0.4, -0.2) is 40.2 Å². The second-order valence-corrected chi connectivity index (χ2v) is 6.47. The molecule has 5 nitrogen and oxygen atoms in total. The number of carbonyl (C=O) groups excluding carboxylic acids is 1. The Kier molecular flexibility index (Phi) is 4.70. The van der Waals surface area contributed by atoms with E-state index in [0.717, 1.165) is 15.6 Å². The zero-order valence-corrected chi connectivity index (χ0v) is 12.4. The van der Waals surface area contributed by atoms with Crippen molar-refractivity contribution in [3.8, 4) is 0 Å². The molecule has 0 spiro atoms. The second-order valence-electron chi connectivity index (χ2n) is 5.06. The number of aromatic nitrogens is 1. The van der Waals surface area contributed by atoms with Gasteiger partial charge >= 0.3 is 6.03 Å². The fourth-order valence-corrected chi connectivity index (χ4v) is 2.52. The molecule has 0 radical (unpaired) electrons. The maximum absolute atomic E-state index is 11.8. The van der Waals surface area contributed by atoms with Crippen LogP contribution >= 0.6 is 11.3 Å². The average molecular weight is 271 g/mol. The first kappa shape index (κ1) is 14.9. The smallest absolute Gasteiger partial charge is 0.317 e. The van der Waals surface area contributed by atoms with Gasteiger partial charge in [-0.25, -0.2) is 9.78 Å². The Labute approximate surface area is 112 Å².